The number of nitrogens with zero attached hydrogens (tertiary/aromatic N) is 2. The minimum Gasteiger partial charge on any atom is -0.493 e. The summed E-state index contributed by atoms with van der Waals surface area (Å²) in [6.07, 6.45) is 1.13. The highest BCUT2D eigenvalue weighted by atomic mass is 16.5. The standard InChI is InChI=1S/C24H28N2O3/c1-16-17(2)29-23-20(16)4-3-5-21(23)24(27)26-11-9-25(10-12-26)15-18-6-7-22-19(14-18)8-13-28-22/h3-7,14,16-17H,8-13,15H2,1-2H3. The van der Waals surface area contributed by atoms with E-state index in [0.717, 1.165) is 62.8 Å². The van der Waals surface area contributed by atoms with Crippen molar-refractivity contribution in [2.75, 3.05) is 32.8 Å². The summed E-state index contributed by atoms with van der Waals surface area (Å²) < 4.78 is 11.6. The lowest BCUT2D eigenvalue weighted by Gasteiger charge is -2.35. The maximum atomic E-state index is 13.2. The van der Waals surface area contributed by atoms with Crippen molar-refractivity contribution < 1.29 is 14.3 Å². The fraction of sp³-hybridized carbons (Fsp3) is 0.458. The van der Waals surface area contributed by atoms with Crippen molar-refractivity contribution in [2.45, 2.75) is 38.8 Å². The predicted molar refractivity (Wildman–Crippen MR) is 112 cm³/mol. The number of fused-ring (bicyclic) bond motifs is 2. The van der Waals surface area contributed by atoms with E-state index in [1.54, 1.807) is 0 Å². The molecule has 3 aliphatic heterocycles. The molecule has 2 aromatic carbocycles. The molecule has 1 amide bonds. The zero-order chi connectivity index (χ0) is 20.0. The van der Waals surface area contributed by atoms with Crippen molar-refractivity contribution in [3.05, 3.63) is 58.7 Å². The summed E-state index contributed by atoms with van der Waals surface area (Å²) in [5.74, 6) is 2.25. The molecule has 0 bridgehead atoms. The summed E-state index contributed by atoms with van der Waals surface area (Å²) in [7, 11) is 0. The number of carbonyl (C=O) groups is 1. The quantitative estimate of drug-likeness (QED) is 0.802. The summed E-state index contributed by atoms with van der Waals surface area (Å²) in [6, 6.07) is 12.5. The largest absolute Gasteiger partial charge is 0.493 e. The molecule has 0 radical (unpaired) electrons. The highest BCUT2D eigenvalue weighted by molar-refractivity contribution is 5.97. The van der Waals surface area contributed by atoms with Crippen LogP contribution in [0.3, 0.4) is 0 Å². The number of ether oxygens (including phenoxy) is 2. The monoisotopic (exact) mass is 392 g/mol. The van der Waals surface area contributed by atoms with Gasteiger partial charge in [0.1, 0.15) is 17.6 Å². The molecule has 29 heavy (non-hydrogen) atoms. The highest BCUT2D eigenvalue weighted by Gasteiger charge is 2.33. The summed E-state index contributed by atoms with van der Waals surface area (Å²) in [6.45, 7) is 9.24. The first kappa shape index (κ1) is 18.5. The van der Waals surface area contributed by atoms with Gasteiger partial charge < -0.3 is 14.4 Å². The third-order valence-corrected chi connectivity index (χ3v) is 6.59. The number of para-hydroxylation sites is 1. The Labute approximate surface area is 172 Å². The lowest BCUT2D eigenvalue weighted by atomic mass is 9.96. The minimum atomic E-state index is 0.0949. The number of hydrogen-bond donors (Lipinski definition) is 0. The molecule has 5 heteroatoms. The Balaban J connectivity index is 1.23. The lowest BCUT2D eigenvalue weighted by Crippen LogP contribution is -2.48. The van der Waals surface area contributed by atoms with Gasteiger partial charge in [0.15, 0.2) is 0 Å². The van der Waals surface area contributed by atoms with Crippen LogP contribution in [0.5, 0.6) is 11.5 Å². The van der Waals surface area contributed by atoms with Gasteiger partial charge in [-0.15, -0.1) is 0 Å². The van der Waals surface area contributed by atoms with Crippen molar-refractivity contribution >= 4 is 5.91 Å². The van der Waals surface area contributed by atoms with E-state index in [2.05, 4.69) is 43.0 Å². The van der Waals surface area contributed by atoms with E-state index < -0.39 is 0 Å². The Morgan fingerprint density at radius 2 is 1.93 bits per heavy atom. The van der Waals surface area contributed by atoms with Crippen LogP contribution in [0.25, 0.3) is 0 Å². The van der Waals surface area contributed by atoms with E-state index >= 15 is 0 Å². The van der Waals surface area contributed by atoms with Gasteiger partial charge in [-0.2, -0.15) is 0 Å². The summed E-state index contributed by atoms with van der Waals surface area (Å²) in [5, 5.41) is 0. The van der Waals surface area contributed by atoms with E-state index in [4.69, 9.17) is 9.47 Å². The van der Waals surface area contributed by atoms with Gasteiger partial charge in [-0.3, -0.25) is 9.69 Å². The first-order chi connectivity index (χ1) is 14.1. The molecule has 3 aliphatic rings. The molecule has 0 aliphatic carbocycles. The summed E-state index contributed by atoms with van der Waals surface area (Å²) >= 11 is 0. The second-order valence-corrected chi connectivity index (χ2v) is 8.44. The summed E-state index contributed by atoms with van der Waals surface area (Å²) in [4.78, 5) is 17.6. The Morgan fingerprint density at radius 3 is 2.76 bits per heavy atom. The van der Waals surface area contributed by atoms with Crippen LogP contribution in [0.15, 0.2) is 36.4 Å². The number of amides is 1. The molecular weight excluding hydrogens is 364 g/mol. The molecule has 152 valence electrons. The van der Waals surface area contributed by atoms with E-state index in [1.165, 1.54) is 11.1 Å². The maximum absolute atomic E-state index is 13.2. The van der Waals surface area contributed by atoms with Crippen molar-refractivity contribution in [1.82, 2.24) is 9.80 Å². The first-order valence-electron chi connectivity index (χ1n) is 10.7. The van der Waals surface area contributed by atoms with Gasteiger partial charge >= 0.3 is 0 Å². The molecule has 0 aromatic heterocycles. The maximum Gasteiger partial charge on any atom is 0.257 e. The Bertz CT molecular complexity index is 934. The highest BCUT2D eigenvalue weighted by Crippen LogP contribution is 2.40. The molecule has 1 saturated heterocycles. The van der Waals surface area contributed by atoms with Crippen LogP contribution in [-0.2, 0) is 13.0 Å². The molecule has 0 N–H and O–H groups in total. The molecule has 1 fully saturated rings. The van der Waals surface area contributed by atoms with Gasteiger partial charge in [0.25, 0.3) is 5.91 Å². The SMILES string of the molecule is CC1Oc2c(C(=O)N3CCN(Cc4ccc5c(c4)CCO5)CC3)cccc2C1C. The second-order valence-electron chi connectivity index (χ2n) is 8.44. The van der Waals surface area contributed by atoms with Gasteiger partial charge in [-0.1, -0.05) is 31.2 Å². The second kappa shape index (κ2) is 7.38. The average molecular weight is 392 g/mol. The van der Waals surface area contributed by atoms with E-state index in [9.17, 15) is 4.79 Å². The number of hydrogen-bond acceptors (Lipinski definition) is 4. The van der Waals surface area contributed by atoms with E-state index in [-0.39, 0.29) is 12.0 Å². The predicted octanol–water partition coefficient (Wildman–Crippen LogP) is 3.46. The number of rotatable bonds is 3. The number of carbonyl (C=O) groups excluding carboxylic acids is 1. The van der Waals surface area contributed by atoms with Crippen LogP contribution in [0.2, 0.25) is 0 Å². The van der Waals surface area contributed by atoms with Crippen molar-refractivity contribution in [1.29, 1.82) is 0 Å². The fourth-order valence-electron chi connectivity index (χ4n) is 4.63. The minimum absolute atomic E-state index is 0.0949. The number of piperazine rings is 1. The lowest BCUT2D eigenvalue weighted by molar-refractivity contribution is 0.0623. The van der Waals surface area contributed by atoms with Crippen LogP contribution in [0, 0.1) is 0 Å². The topological polar surface area (TPSA) is 42.0 Å². The molecule has 2 unspecified atom stereocenters. The zero-order valence-electron chi connectivity index (χ0n) is 17.2. The van der Waals surface area contributed by atoms with Crippen LogP contribution in [0.1, 0.15) is 46.8 Å². The van der Waals surface area contributed by atoms with Gasteiger partial charge in [0, 0.05) is 50.6 Å². The van der Waals surface area contributed by atoms with Crippen LogP contribution in [0.4, 0.5) is 0 Å². The molecular formula is C24H28N2O3. The third kappa shape index (κ3) is 3.38. The van der Waals surface area contributed by atoms with Crippen molar-refractivity contribution in [3.63, 3.8) is 0 Å². The normalized spacial score (nSPS) is 23.3. The molecule has 5 rings (SSSR count). The van der Waals surface area contributed by atoms with Gasteiger partial charge in [0.2, 0.25) is 0 Å². The fourth-order valence-corrected chi connectivity index (χ4v) is 4.63. The van der Waals surface area contributed by atoms with Gasteiger partial charge in [-0.25, -0.2) is 0 Å². The molecule has 0 saturated carbocycles. The van der Waals surface area contributed by atoms with Crippen LogP contribution >= 0.6 is 0 Å². The first-order valence-corrected chi connectivity index (χ1v) is 10.7. The average Bonchev–Trinajstić information content (AvgIpc) is 3.32. The van der Waals surface area contributed by atoms with Crippen molar-refractivity contribution in [2.24, 2.45) is 0 Å². The third-order valence-electron chi connectivity index (χ3n) is 6.59. The molecule has 2 aromatic rings. The molecule has 2 atom stereocenters. The molecule has 0 spiro atoms. The smallest absolute Gasteiger partial charge is 0.257 e. The van der Waals surface area contributed by atoms with E-state index in [0.29, 0.717) is 11.5 Å². The van der Waals surface area contributed by atoms with Crippen molar-refractivity contribution in [3.8, 4) is 11.5 Å². The van der Waals surface area contributed by atoms with Gasteiger partial charge in [-0.05, 0) is 30.2 Å². The molecule has 5 nitrogen and oxygen atoms in total. The van der Waals surface area contributed by atoms with Crippen LogP contribution < -0.4 is 9.47 Å². The Kier molecular flexibility index (Phi) is 4.70. The Morgan fingerprint density at radius 1 is 1.10 bits per heavy atom. The zero-order valence-corrected chi connectivity index (χ0v) is 17.2. The molecule has 3 heterocycles. The van der Waals surface area contributed by atoms with Gasteiger partial charge in [0.05, 0.1) is 12.2 Å². The summed E-state index contributed by atoms with van der Waals surface area (Å²) in [5.41, 5.74) is 4.51. The Hall–Kier alpha value is -2.53. The number of benzene rings is 2. The van der Waals surface area contributed by atoms with E-state index in [1.807, 2.05) is 17.0 Å². The van der Waals surface area contributed by atoms with Crippen LogP contribution in [-0.4, -0.2) is 54.6 Å².